The Labute approximate surface area is 134 Å². The number of benzene rings is 1. The topological polar surface area (TPSA) is 68.4 Å². The molecule has 0 saturated heterocycles. The van der Waals surface area contributed by atoms with E-state index in [9.17, 15) is 9.59 Å². The number of esters is 1. The molecule has 1 N–H and O–H groups in total. The first kappa shape index (κ1) is 15.3. The summed E-state index contributed by atoms with van der Waals surface area (Å²) in [5.41, 5.74) is 1.86. The van der Waals surface area contributed by atoms with Crippen LogP contribution in [0.15, 0.2) is 35.1 Å². The van der Waals surface area contributed by atoms with Crippen molar-refractivity contribution >= 4 is 5.97 Å². The van der Waals surface area contributed by atoms with Gasteiger partial charge in [0.25, 0.3) is 5.56 Å². The predicted molar refractivity (Wildman–Crippen MR) is 86.1 cm³/mol. The molecule has 1 aliphatic heterocycles. The average Bonchev–Trinajstić information content (AvgIpc) is 2.45. The van der Waals surface area contributed by atoms with Crippen molar-refractivity contribution in [1.29, 1.82) is 0 Å². The lowest BCUT2D eigenvalue weighted by atomic mass is 9.87. The van der Waals surface area contributed by atoms with Crippen molar-refractivity contribution in [3.8, 4) is 11.5 Å². The minimum Gasteiger partial charge on any atom is -0.491 e. The van der Waals surface area contributed by atoms with Crippen LogP contribution in [0.1, 0.15) is 43.0 Å². The quantitative estimate of drug-likeness (QED) is 0.885. The van der Waals surface area contributed by atoms with Gasteiger partial charge < -0.3 is 14.5 Å². The Kier molecular flexibility index (Phi) is 3.94. The van der Waals surface area contributed by atoms with Gasteiger partial charge in [0, 0.05) is 17.7 Å². The van der Waals surface area contributed by atoms with Crippen molar-refractivity contribution in [1.82, 2.24) is 4.98 Å². The molecule has 0 bridgehead atoms. The molecule has 1 aromatic heterocycles. The Morgan fingerprint density at radius 3 is 2.57 bits per heavy atom. The molecule has 5 heteroatoms. The van der Waals surface area contributed by atoms with E-state index in [4.69, 9.17) is 9.47 Å². The highest BCUT2D eigenvalue weighted by molar-refractivity contribution is 5.77. The lowest BCUT2D eigenvalue weighted by Gasteiger charge is -2.24. The second kappa shape index (κ2) is 5.91. The van der Waals surface area contributed by atoms with E-state index < -0.39 is 0 Å². The maximum Gasteiger partial charge on any atom is 0.312 e. The van der Waals surface area contributed by atoms with Crippen LogP contribution < -0.4 is 15.0 Å². The summed E-state index contributed by atoms with van der Waals surface area (Å²) in [6.07, 6.45) is 0.251. The standard InChI is InChI=1S/C18H19NO4/c1-10(2)22-13-6-4-12(5-7-13)14-9-16(20)23-15-8-11(3)19-18(21)17(14)15/h4-8,10,14H,9H2,1-3H3,(H,19,21). The number of nitrogens with one attached hydrogen (secondary N) is 1. The molecule has 0 aliphatic carbocycles. The van der Waals surface area contributed by atoms with Gasteiger partial charge in [0.1, 0.15) is 11.5 Å². The van der Waals surface area contributed by atoms with Crippen molar-refractivity contribution in [2.24, 2.45) is 0 Å². The van der Waals surface area contributed by atoms with Crippen molar-refractivity contribution in [2.45, 2.75) is 39.2 Å². The molecule has 0 fully saturated rings. The van der Waals surface area contributed by atoms with Crippen LogP contribution in [0.3, 0.4) is 0 Å². The van der Waals surface area contributed by atoms with Crippen LogP contribution in [0.2, 0.25) is 0 Å². The van der Waals surface area contributed by atoms with Gasteiger partial charge in [-0.3, -0.25) is 9.59 Å². The zero-order chi connectivity index (χ0) is 16.6. The number of carbonyl (C=O) groups is 1. The third kappa shape index (κ3) is 3.13. The van der Waals surface area contributed by atoms with Gasteiger partial charge >= 0.3 is 5.97 Å². The molecule has 23 heavy (non-hydrogen) atoms. The summed E-state index contributed by atoms with van der Waals surface area (Å²) >= 11 is 0. The first-order chi connectivity index (χ1) is 10.9. The fourth-order valence-electron chi connectivity index (χ4n) is 2.85. The highest BCUT2D eigenvalue weighted by Crippen LogP contribution is 2.37. The second-order valence-electron chi connectivity index (χ2n) is 6.03. The number of fused-ring (bicyclic) bond motifs is 1. The second-order valence-corrected chi connectivity index (χ2v) is 6.03. The summed E-state index contributed by atoms with van der Waals surface area (Å²) in [5, 5.41) is 0. The van der Waals surface area contributed by atoms with Gasteiger partial charge in [0.2, 0.25) is 0 Å². The van der Waals surface area contributed by atoms with E-state index in [-0.39, 0.29) is 30.0 Å². The van der Waals surface area contributed by atoms with Crippen LogP contribution in [-0.4, -0.2) is 17.1 Å². The van der Waals surface area contributed by atoms with Crippen LogP contribution in [0.25, 0.3) is 0 Å². The van der Waals surface area contributed by atoms with Gasteiger partial charge in [-0.25, -0.2) is 0 Å². The van der Waals surface area contributed by atoms with E-state index in [1.165, 1.54) is 0 Å². The van der Waals surface area contributed by atoms with E-state index in [1.807, 2.05) is 38.1 Å². The zero-order valence-electron chi connectivity index (χ0n) is 13.4. The van der Waals surface area contributed by atoms with Crippen LogP contribution >= 0.6 is 0 Å². The number of hydrogen-bond donors (Lipinski definition) is 1. The monoisotopic (exact) mass is 313 g/mol. The molecule has 1 aliphatic rings. The normalized spacial score (nSPS) is 16.9. The molecular formula is C18H19NO4. The van der Waals surface area contributed by atoms with Crippen molar-refractivity contribution in [2.75, 3.05) is 0 Å². The molecule has 1 unspecified atom stereocenters. The molecule has 120 valence electrons. The van der Waals surface area contributed by atoms with Crippen molar-refractivity contribution in [3.05, 3.63) is 57.5 Å². The van der Waals surface area contributed by atoms with E-state index in [0.29, 0.717) is 17.0 Å². The average molecular weight is 313 g/mol. The molecule has 0 amide bonds. The minimum atomic E-state index is -0.324. The minimum absolute atomic E-state index is 0.0945. The lowest BCUT2D eigenvalue weighted by molar-refractivity contribution is -0.135. The first-order valence-electron chi connectivity index (χ1n) is 7.65. The summed E-state index contributed by atoms with van der Waals surface area (Å²) in [6, 6.07) is 9.19. The SMILES string of the molecule is Cc1cc2c(c(=O)[nH]1)C(c1ccc(OC(C)C)cc1)CC(=O)O2. The van der Waals surface area contributed by atoms with E-state index in [0.717, 1.165) is 11.3 Å². The predicted octanol–water partition coefficient (Wildman–Crippen LogP) is 2.91. The summed E-state index contributed by atoms with van der Waals surface area (Å²) in [7, 11) is 0. The van der Waals surface area contributed by atoms with Crippen molar-refractivity contribution in [3.63, 3.8) is 0 Å². The largest absolute Gasteiger partial charge is 0.491 e. The Morgan fingerprint density at radius 1 is 1.22 bits per heavy atom. The number of ether oxygens (including phenoxy) is 2. The Bertz CT molecular complexity index is 790. The smallest absolute Gasteiger partial charge is 0.312 e. The van der Waals surface area contributed by atoms with Crippen LogP contribution in [0.4, 0.5) is 0 Å². The van der Waals surface area contributed by atoms with Crippen molar-refractivity contribution < 1.29 is 14.3 Å². The third-order valence-corrected chi connectivity index (χ3v) is 3.77. The van der Waals surface area contributed by atoms with Crippen LogP contribution in [0.5, 0.6) is 11.5 Å². The molecule has 0 saturated carbocycles. The molecular weight excluding hydrogens is 294 g/mol. The summed E-state index contributed by atoms with van der Waals surface area (Å²) in [6.45, 7) is 5.68. The molecule has 2 heterocycles. The number of rotatable bonds is 3. The summed E-state index contributed by atoms with van der Waals surface area (Å²) in [4.78, 5) is 27.0. The van der Waals surface area contributed by atoms with Crippen LogP contribution in [0, 0.1) is 6.92 Å². The highest BCUT2D eigenvalue weighted by atomic mass is 16.5. The molecule has 0 spiro atoms. The first-order valence-corrected chi connectivity index (χ1v) is 7.65. The number of pyridine rings is 1. The summed E-state index contributed by atoms with van der Waals surface area (Å²) in [5.74, 6) is 0.494. The van der Waals surface area contributed by atoms with E-state index >= 15 is 0 Å². The number of aromatic amines is 1. The number of hydrogen-bond acceptors (Lipinski definition) is 4. The lowest BCUT2D eigenvalue weighted by Crippen LogP contribution is -2.28. The van der Waals surface area contributed by atoms with Gasteiger partial charge in [-0.2, -0.15) is 0 Å². The molecule has 5 nitrogen and oxygen atoms in total. The molecule has 1 aromatic carbocycles. The molecule has 0 radical (unpaired) electrons. The summed E-state index contributed by atoms with van der Waals surface area (Å²) < 4.78 is 10.9. The van der Waals surface area contributed by atoms with Gasteiger partial charge in [0.15, 0.2) is 0 Å². The van der Waals surface area contributed by atoms with Gasteiger partial charge in [-0.15, -0.1) is 0 Å². The zero-order valence-corrected chi connectivity index (χ0v) is 13.4. The number of carbonyl (C=O) groups excluding carboxylic acids is 1. The van der Waals surface area contributed by atoms with Gasteiger partial charge in [0.05, 0.1) is 18.1 Å². The Hall–Kier alpha value is -2.56. The van der Waals surface area contributed by atoms with Crippen LogP contribution in [-0.2, 0) is 4.79 Å². The maximum atomic E-state index is 12.3. The highest BCUT2D eigenvalue weighted by Gasteiger charge is 2.31. The number of H-pyrrole nitrogens is 1. The third-order valence-electron chi connectivity index (χ3n) is 3.77. The Balaban J connectivity index is 2.01. The maximum absolute atomic E-state index is 12.3. The molecule has 3 rings (SSSR count). The molecule has 1 atom stereocenters. The van der Waals surface area contributed by atoms with Gasteiger partial charge in [-0.05, 0) is 38.5 Å². The fraction of sp³-hybridized carbons (Fsp3) is 0.333. The van der Waals surface area contributed by atoms with E-state index in [1.54, 1.807) is 13.0 Å². The fourth-order valence-corrected chi connectivity index (χ4v) is 2.85. The number of aryl methyl sites for hydroxylation is 1. The Morgan fingerprint density at radius 2 is 1.91 bits per heavy atom. The number of aromatic nitrogens is 1. The van der Waals surface area contributed by atoms with Gasteiger partial charge in [-0.1, -0.05) is 12.1 Å². The molecule has 2 aromatic rings. The van der Waals surface area contributed by atoms with E-state index in [2.05, 4.69) is 4.98 Å².